The summed E-state index contributed by atoms with van der Waals surface area (Å²) in [4.78, 5) is 4.25. The molecule has 1 aromatic heterocycles. The number of sulfonamides is 1. The van der Waals surface area contributed by atoms with Gasteiger partial charge in [-0.15, -0.1) is 11.3 Å². The van der Waals surface area contributed by atoms with Crippen molar-refractivity contribution in [2.75, 3.05) is 0 Å². The van der Waals surface area contributed by atoms with Crippen molar-refractivity contribution in [1.82, 2.24) is 9.71 Å². The van der Waals surface area contributed by atoms with Gasteiger partial charge in [0.1, 0.15) is 10.8 Å². The lowest BCUT2D eigenvalue weighted by Crippen LogP contribution is -2.27. The number of halogens is 1. The minimum atomic E-state index is -3.93. The van der Waals surface area contributed by atoms with E-state index in [9.17, 15) is 12.8 Å². The molecule has 0 bridgehead atoms. The van der Waals surface area contributed by atoms with Gasteiger partial charge in [0.15, 0.2) is 0 Å². The van der Waals surface area contributed by atoms with E-state index >= 15 is 0 Å². The number of benzene rings is 1. The molecule has 0 spiro atoms. The Morgan fingerprint density at radius 3 is 2.81 bits per heavy atom. The SMILES string of the molecule is Cc1ncsc1CNS(=O)(=O)c1cccc(F)c1C(N)=S. The number of nitrogens with one attached hydrogen (secondary N) is 1. The summed E-state index contributed by atoms with van der Waals surface area (Å²) in [5.74, 6) is -0.764. The van der Waals surface area contributed by atoms with Crippen molar-refractivity contribution >= 4 is 38.6 Å². The predicted octanol–water partition coefficient (Wildman–Crippen LogP) is 1.70. The molecule has 3 N–H and O–H groups in total. The maximum atomic E-state index is 13.7. The molecule has 0 saturated heterocycles. The second-order valence-corrected chi connectivity index (χ2v) is 7.28. The van der Waals surface area contributed by atoms with Crippen molar-refractivity contribution < 1.29 is 12.8 Å². The van der Waals surface area contributed by atoms with E-state index in [1.165, 1.54) is 23.5 Å². The second-order valence-electron chi connectivity index (χ2n) is 4.16. The molecule has 0 fully saturated rings. The van der Waals surface area contributed by atoms with Crippen LogP contribution in [-0.4, -0.2) is 18.4 Å². The highest BCUT2D eigenvalue weighted by Crippen LogP contribution is 2.20. The van der Waals surface area contributed by atoms with Crippen molar-refractivity contribution in [2.24, 2.45) is 5.73 Å². The zero-order valence-corrected chi connectivity index (χ0v) is 13.4. The Morgan fingerprint density at radius 1 is 1.52 bits per heavy atom. The minimum Gasteiger partial charge on any atom is -0.389 e. The quantitative estimate of drug-likeness (QED) is 0.806. The van der Waals surface area contributed by atoms with Crippen LogP contribution in [0.3, 0.4) is 0 Å². The van der Waals surface area contributed by atoms with E-state index < -0.39 is 15.8 Å². The molecular weight excluding hydrogens is 333 g/mol. The lowest BCUT2D eigenvalue weighted by atomic mass is 10.2. The zero-order chi connectivity index (χ0) is 15.6. The molecule has 2 rings (SSSR count). The highest BCUT2D eigenvalue weighted by molar-refractivity contribution is 7.89. The van der Waals surface area contributed by atoms with Crippen LogP contribution in [0, 0.1) is 12.7 Å². The summed E-state index contributed by atoms with van der Waals surface area (Å²) in [6.07, 6.45) is 0. The van der Waals surface area contributed by atoms with Gasteiger partial charge in [0, 0.05) is 11.4 Å². The van der Waals surface area contributed by atoms with Crippen LogP contribution in [-0.2, 0) is 16.6 Å². The highest BCUT2D eigenvalue weighted by atomic mass is 32.2. The van der Waals surface area contributed by atoms with Gasteiger partial charge in [-0.1, -0.05) is 18.3 Å². The molecule has 112 valence electrons. The van der Waals surface area contributed by atoms with Gasteiger partial charge in [-0.3, -0.25) is 0 Å². The van der Waals surface area contributed by atoms with Crippen LogP contribution in [0.1, 0.15) is 16.1 Å². The van der Waals surface area contributed by atoms with Crippen molar-refractivity contribution in [3.8, 4) is 0 Å². The number of nitrogens with zero attached hydrogens (tertiary/aromatic N) is 1. The van der Waals surface area contributed by atoms with Gasteiger partial charge < -0.3 is 5.73 Å². The molecule has 0 aliphatic heterocycles. The Labute approximate surface area is 131 Å². The van der Waals surface area contributed by atoms with Gasteiger partial charge in [0.2, 0.25) is 10.0 Å². The number of thiazole rings is 1. The van der Waals surface area contributed by atoms with E-state index in [1.807, 2.05) is 0 Å². The van der Waals surface area contributed by atoms with Gasteiger partial charge in [-0.25, -0.2) is 22.5 Å². The van der Waals surface area contributed by atoms with E-state index in [2.05, 4.69) is 9.71 Å². The number of thiocarbonyl (C=S) groups is 1. The Kier molecular flexibility index (Phi) is 4.67. The normalized spacial score (nSPS) is 11.5. The first-order chi connectivity index (χ1) is 9.83. The molecular formula is C12H12FN3O2S3. The Hall–Kier alpha value is -1.42. The van der Waals surface area contributed by atoms with Gasteiger partial charge in [0.05, 0.1) is 21.7 Å². The van der Waals surface area contributed by atoms with E-state index in [0.29, 0.717) is 0 Å². The van der Waals surface area contributed by atoms with Crippen LogP contribution in [0.15, 0.2) is 28.6 Å². The molecule has 21 heavy (non-hydrogen) atoms. The molecule has 1 aromatic carbocycles. The summed E-state index contributed by atoms with van der Waals surface area (Å²) in [5, 5.41) is 0. The van der Waals surface area contributed by atoms with Crippen molar-refractivity contribution in [2.45, 2.75) is 18.4 Å². The molecule has 0 aliphatic carbocycles. The Balaban J connectivity index is 2.34. The van der Waals surface area contributed by atoms with Gasteiger partial charge in [0.25, 0.3) is 0 Å². The standard InChI is InChI=1S/C12H12FN3O2S3/c1-7-9(20-6-15-7)5-16-21(17,18)10-4-2-3-8(13)11(10)12(14)19/h2-4,6,16H,5H2,1H3,(H2,14,19). The van der Waals surface area contributed by atoms with Crippen LogP contribution in [0.2, 0.25) is 0 Å². The highest BCUT2D eigenvalue weighted by Gasteiger charge is 2.22. The molecule has 0 unspecified atom stereocenters. The van der Waals surface area contributed by atoms with E-state index in [1.54, 1.807) is 12.4 Å². The maximum Gasteiger partial charge on any atom is 0.241 e. The predicted molar refractivity (Wildman–Crippen MR) is 83.2 cm³/mol. The van der Waals surface area contributed by atoms with E-state index in [-0.39, 0.29) is 22.0 Å². The lowest BCUT2D eigenvalue weighted by molar-refractivity contribution is 0.577. The molecule has 1 heterocycles. The second kappa shape index (κ2) is 6.14. The first-order valence-electron chi connectivity index (χ1n) is 5.80. The number of hydrogen-bond donors (Lipinski definition) is 2. The number of hydrogen-bond acceptors (Lipinski definition) is 5. The van der Waals surface area contributed by atoms with E-state index in [4.69, 9.17) is 18.0 Å². The monoisotopic (exact) mass is 345 g/mol. The molecule has 0 saturated carbocycles. The largest absolute Gasteiger partial charge is 0.389 e. The van der Waals surface area contributed by atoms with Crippen LogP contribution >= 0.6 is 23.6 Å². The van der Waals surface area contributed by atoms with E-state index in [0.717, 1.165) is 16.6 Å². The minimum absolute atomic E-state index is 0.0755. The molecule has 2 aromatic rings. The average molecular weight is 345 g/mol. The van der Waals surface area contributed by atoms with Crippen molar-refractivity contribution in [1.29, 1.82) is 0 Å². The fraction of sp³-hybridized carbons (Fsp3) is 0.167. The summed E-state index contributed by atoms with van der Waals surface area (Å²) in [6.45, 7) is 1.86. The number of aryl methyl sites for hydroxylation is 1. The van der Waals surface area contributed by atoms with Crippen molar-refractivity contribution in [3.63, 3.8) is 0 Å². The molecule has 0 radical (unpaired) electrons. The number of aromatic nitrogens is 1. The van der Waals surface area contributed by atoms with Gasteiger partial charge >= 0.3 is 0 Å². The molecule has 5 nitrogen and oxygen atoms in total. The average Bonchev–Trinajstić information content (AvgIpc) is 2.81. The Morgan fingerprint density at radius 2 is 2.24 bits per heavy atom. The van der Waals surface area contributed by atoms with Gasteiger partial charge in [-0.2, -0.15) is 0 Å². The summed E-state index contributed by atoms with van der Waals surface area (Å²) in [7, 11) is -3.93. The molecule has 0 aliphatic rings. The maximum absolute atomic E-state index is 13.7. The Bertz CT molecular complexity index is 787. The van der Waals surface area contributed by atoms with Crippen LogP contribution in [0.4, 0.5) is 4.39 Å². The smallest absolute Gasteiger partial charge is 0.241 e. The third-order valence-corrected chi connectivity index (χ3v) is 5.36. The lowest BCUT2D eigenvalue weighted by Gasteiger charge is -2.11. The topological polar surface area (TPSA) is 85.1 Å². The third-order valence-electron chi connectivity index (χ3n) is 2.78. The summed E-state index contributed by atoms with van der Waals surface area (Å²) < 4.78 is 40.8. The number of rotatable bonds is 5. The summed E-state index contributed by atoms with van der Waals surface area (Å²) in [5.41, 5.74) is 7.51. The summed E-state index contributed by atoms with van der Waals surface area (Å²) in [6, 6.07) is 3.67. The molecule has 0 amide bonds. The van der Waals surface area contributed by atoms with Crippen LogP contribution < -0.4 is 10.5 Å². The zero-order valence-electron chi connectivity index (χ0n) is 11.0. The fourth-order valence-corrected chi connectivity index (χ4v) is 4.01. The molecule has 9 heteroatoms. The first kappa shape index (κ1) is 16.0. The van der Waals surface area contributed by atoms with Crippen LogP contribution in [0.25, 0.3) is 0 Å². The molecule has 0 atom stereocenters. The fourth-order valence-electron chi connectivity index (χ4n) is 1.70. The van der Waals surface area contributed by atoms with Gasteiger partial charge in [-0.05, 0) is 19.1 Å². The summed E-state index contributed by atoms with van der Waals surface area (Å²) >= 11 is 6.06. The first-order valence-corrected chi connectivity index (χ1v) is 8.57. The van der Waals surface area contributed by atoms with Crippen molar-refractivity contribution in [3.05, 3.63) is 45.7 Å². The van der Waals surface area contributed by atoms with Crippen LogP contribution in [0.5, 0.6) is 0 Å². The number of nitrogens with two attached hydrogens (primary N) is 1. The third kappa shape index (κ3) is 3.43.